The number of amides is 2. The Morgan fingerprint density at radius 3 is 2.36 bits per heavy atom. The van der Waals surface area contributed by atoms with Crippen LogP contribution in [0.5, 0.6) is 11.8 Å². The van der Waals surface area contributed by atoms with E-state index >= 15 is 0 Å². The fraction of sp³-hybridized carbons (Fsp3) is 0.591. The molecule has 0 spiro atoms. The van der Waals surface area contributed by atoms with E-state index in [-0.39, 0.29) is 60.3 Å². The van der Waals surface area contributed by atoms with Gasteiger partial charge in [0.15, 0.2) is 0 Å². The maximum absolute atomic E-state index is 13.3. The van der Waals surface area contributed by atoms with Gasteiger partial charge in [0.1, 0.15) is 5.75 Å². The molecule has 1 aromatic heterocycles. The van der Waals surface area contributed by atoms with Crippen molar-refractivity contribution in [2.24, 2.45) is 0 Å². The first kappa shape index (κ1) is 26.4. The highest BCUT2D eigenvalue weighted by atomic mass is 32.3. The Kier molecular flexibility index (Phi) is 7.57. The molecule has 2 aliphatic heterocycles. The summed E-state index contributed by atoms with van der Waals surface area (Å²) in [5, 5.41) is 3.85. The SMILES string of the molecule is CC(C)Oc1noc(C2CC(c3ccc(OC(F)(F)F)cc3)CN(C(=O)N3CCS(O)(O)CC3)C2)n1. The Balaban J connectivity index is 1.54. The Morgan fingerprint density at radius 1 is 1.11 bits per heavy atom. The van der Waals surface area contributed by atoms with Gasteiger partial charge in [-0.3, -0.25) is 9.11 Å². The second-order valence-electron chi connectivity index (χ2n) is 9.21. The first-order chi connectivity index (χ1) is 16.9. The summed E-state index contributed by atoms with van der Waals surface area (Å²) in [5.41, 5.74) is 0.734. The highest BCUT2D eigenvalue weighted by Gasteiger charge is 2.38. The average Bonchev–Trinajstić information content (AvgIpc) is 3.25. The average molecular weight is 535 g/mol. The van der Waals surface area contributed by atoms with Gasteiger partial charge in [0.05, 0.1) is 23.5 Å². The van der Waals surface area contributed by atoms with E-state index in [0.717, 1.165) is 5.56 Å². The minimum atomic E-state index is -4.79. The Morgan fingerprint density at radius 2 is 1.75 bits per heavy atom. The number of urea groups is 1. The molecule has 14 heteroatoms. The van der Waals surface area contributed by atoms with Gasteiger partial charge in [-0.2, -0.15) is 15.6 Å². The molecule has 1 aromatic carbocycles. The van der Waals surface area contributed by atoms with E-state index in [0.29, 0.717) is 25.4 Å². The van der Waals surface area contributed by atoms with E-state index in [1.54, 1.807) is 21.9 Å². The molecule has 0 radical (unpaired) electrons. The number of hydrogen-bond donors (Lipinski definition) is 2. The van der Waals surface area contributed by atoms with Crippen molar-refractivity contribution in [1.82, 2.24) is 19.9 Å². The van der Waals surface area contributed by atoms with Gasteiger partial charge in [0.2, 0.25) is 5.89 Å². The molecular weight excluding hydrogens is 505 g/mol. The van der Waals surface area contributed by atoms with E-state index in [1.807, 2.05) is 13.8 Å². The Hall–Kier alpha value is -2.71. The van der Waals surface area contributed by atoms with Crippen molar-refractivity contribution in [3.8, 4) is 11.8 Å². The monoisotopic (exact) mass is 534 g/mol. The molecule has 2 saturated heterocycles. The van der Waals surface area contributed by atoms with Gasteiger partial charge in [-0.1, -0.05) is 12.1 Å². The van der Waals surface area contributed by atoms with Crippen LogP contribution in [-0.2, 0) is 0 Å². The molecule has 2 fully saturated rings. The van der Waals surface area contributed by atoms with Gasteiger partial charge >= 0.3 is 18.4 Å². The van der Waals surface area contributed by atoms with Crippen LogP contribution < -0.4 is 9.47 Å². The third-order valence-corrected chi connectivity index (χ3v) is 7.74. The highest BCUT2D eigenvalue weighted by Crippen LogP contribution is 2.41. The highest BCUT2D eigenvalue weighted by molar-refractivity contribution is 8.24. The van der Waals surface area contributed by atoms with Crippen molar-refractivity contribution in [2.75, 3.05) is 37.7 Å². The van der Waals surface area contributed by atoms with Crippen LogP contribution in [0.2, 0.25) is 0 Å². The molecule has 36 heavy (non-hydrogen) atoms. The second kappa shape index (κ2) is 10.3. The summed E-state index contributed by atoms with van der Waals surface area (Å²) < 4.78 is 72.3. The van der Waals surface area contributed by atoms with Gasteiger partial charge in [-0.25, -0.2) is 4.79 Å². The molecule has 2 N–H and O–H groups in total. The van der Waals surface area contributed by atoms with E-state index < -0.39 is 17.0 Å². The first-order valence-electron chi connectivity index (χ1n) is 11.5. The summed E-state index contributed by atoms with van der Waals surface area (Å²) in [6.07, 6.45) is -4.42. The molecule has 200 valence electrons. The van der Waals surface area contributed by atoms with Crippen LogP contribution in [0.15, 0.2) is 28.8 Å². The molecule has 2 atom stereocenters. The molecule has 2 aromatic rings. The van der Waals surface area contributed by atoms with E-state index in [1.165, 1.54) is 12.1 Å². The number of rotatable bonds is 5. The molecule has 2 aliphatic rings. The van der Waals surface area contributed by atoms with Gasteiger partial charge < -0.3 is 23.8 Å². The molecule has 0 bridgehead atoms. The number of ether oxygens (including phenoxy) is 2. The quantitative estimate of drug-likeness (QED) is 0.575. The fourth-order valence-corrected chi connectivity index (χ4v) is 5.61. The minimum Gasteiger partial charge on any atom is -0.459 e. The normalized spacial score (nSPS) is 23.4. The largest absolute Gasteiger partial charge is 0.573 e. The van der Waals surface area contributed by atoms with Crippen molar-refractivity contribution < 1.29 is 41.1 Å². The van der Waals surface area contributed by atoms with Crippen molar-refractivity contribution in [1.29, 1.82) is 0 Å². The number of likely N-dealkylation sites (tertiary alicyclic amines) is 1. The number of benzene rings is 1. The lowest BCUT2D eigenvalue weighted by atomic mass is 9.84. The Labute approximate surface area is 207 Å². The smallest absolute Gasteiger partial charge is 0.459 e. The minimum absolute atomic E-state index is 0.0925. The summed E-state index contributed by atoms with van der Waals surface area (Å²) in [4.78, 5) is 20.9. The summed E-state index contributed by atoms with van der Waals surface area (Å²) in [7, 11) is -2.66. The van der Waals surface area contributed by atoms with Crippen LogP contribution in [-0.4, -0.2) is 85.2 Å². The summed E-state index contributed by atoms with van der Waals surface area (Å²) >= 11 is 0. The third-order valence-electron chi connectivity index (χ3n) is 6.07. The zero-order chi connectivity index (χ0) is 26.1. The van der Waals surface area contributed by atoms with E-state index in [4.69, 9.17) is 9.26 Å². The third kappa shape index (κ3) is 6.73. The van der Waals surface area contributed by atoms with Crippen molar-refractivity contribution in [3.05, 3.63) is 35.7 Å². The predicted molar refractivity (Wildman–Crippen MR) is 124 cm³/mol. The lowest BCUT2D eigenvalue weighted by molar-refractivity contribution is -0.274. The number of nitrogens with zero attached hydrogens (tertiary/aromatic N) is 4. The van der Waals surface area contributed by atoms with Gasteiger partial charge in [-0.05, 0) is 43.1 Å². The molecule has 0 saturated carbocycles. The maximum atomic E-state index is 13.3. The molecule has 4 rings (SSSR count). The van der Waals surface area contributed by atoms with Gasteiger partial charge in [0.25, 0.3) is 0 Å². The van der Waals surface area contributed by atoms with Crippen LogP contribution in [0.4, 0.5) is 18.0 Å². The second-order valence-corrected chi connectivity index (χ2v) is 11.6. The number of alkyl halides is 3. The Bertz CT molecular complexity index is 1040. The van der Waals surface area contributed by atoms with E-state index in [9.17, 15) is 27.1 Å². The zero-order valence-corrected chi connectivity index (χ0v) is 20.7. The molecule has 3 heterocycles. The van der Waals surface area contributed by atoms with Crippen LogP contribution in [0.3, 0.4) is 0 Å². The number of piperidine rings is 1. The molecule has 0 aliphatic carbocycles. The fourth-order valence-electron chi connectivity index (χ4n) is 4.38. The number of carbonyl (C=O) groups is 1. The molecule has 10 nitrogen and oxygen atoms in total. The maximum Gasteiger partial charge on any atom is 0.573 e. The predicted octanol–water partition coefficient (Wildman–Crippen LogP) is 4.51. The standard InChI is InChI=1S/C22H29F3N4O6S/c1-14(2)33-20-26-19(35-27-20)17-11-16(15-3-5-18(6-4-15)34-22(23,24)25)12-29(13-17)21(30)28-7-9-36(31,32)10-8-28/h3-6,14,16-17,31-32H,7-13H2,1-2H3. The molecular formula is C22H29F3N4O6S. The van der Waals surface area contributed by atoms with Gasteiger partial charge in [0, 0.05) is 32.1 Å². The molecule has 2 amide bonds. The number of aromatic nitrogens is 2. The number of halogens is 3. The van der Waals surface area contributed by atoms with Crippen molar-refractivity contribution >= 4 is 16.6 Å². The molecule has 2 unspecified atom stereocenters. The topological polar surface area (TPSA) is 121 Å². The van der Waals surface area contributed by atoms with Gasteiger partial charge in [-0.15, -0.1) is 13.2 Å². The van der Waals surface area contributed by atoms with Crippen LogP contribution in [0, 0.1) is 0 Å². The lowest BCUT2D eigenvalue weighted by Crippen LogP contribution is -2.52. The van der Waals surface area contributed by atoms with Crippen molar-refractivity contribution in [2.45, 2.75) is 44.6 Å². The van der Waals surface area contributed by atoms with E-state index in [2.05, 4.69) is 14.9 Å². The summed E-state index contributed by atoms with van der Waals surface area (Å²) in [6, 6.07) is 5.43. The number of hydrogen-bond acceptors (Lipinski definition) is 8. The van der Waals surface area contributed by atoms with Crippen molar-refractivity contribution in [3.63, 3.8) is 0 Å². The van der Waals surface area contributed by atoms with Crippen LogP contribution in [0.1, 0.15) is 43.6 Å². The summed E-state index contributed by atoms with van der Waals surface area (Å²) in [6.45, 7) is 4.72. The number of carbonyl (C=O) groups excluding carboxylic acids is 1. The first-order valence-corrected chi connectivity index (χ1v) is 13.4. The lowest BCUT2D eigenvalue weighted by Gasteiger charge is -2.44. The van der Waals surface area contributed by atoms with Crippen LogP contribution in [0.25, 0.3) is 0 Å². The van der Waals surface area contributed by atoms with Crippen LogP contribution >= 0.6 is 10.6 Å². The summed E-state index contributed by atoms with van der Waals surface area (Å²) in [5.74, 6) is -0.330. The zero-order valence-electron chi connectivity index (χ0n) is 19.8.